The monoisotopic (exact) mass is 819 g/mol. The summed E-state index contributed by atoms with van der Waals surface area (Å²) in [6, 6.07) is 74.9. The van der Waals surface area contributed by atoms with Gasteiger partial charge in [-0.15, -0.1) is 0 Å². The quantitative estimate of drug-likeness (QED) is 0.161. The van der Waals surface area contributed by atoms with Crippen LogP contribution in [0.25, 0.3) is 112 Å². The van der Waals surface area contributed by atoms with Crippen LogP contribution in [0, 0.1) is 0 Å². The molecule has 0 amide bonds. The molecule has 0 spiro atoms. The van der Waals surface area contributed by atoms with Crippen LogP contribution in [0.3, 0.4) is 0 Å². The van der Waals surface area contributed by atoms with Crippen LogP contribution < -0.4 is 0 Å². The Hall–Kier alpha value is -8.21. The summed E-state index contributed by atoms with van der Waals surface area (Å²) >= 11 is 0. The van der Waals surface area contributed by atoms with Crippen molar-refractivity contribution in [3.05, 3.63) is 223 Å². The fraction of sp³-hybridized carbons (Fsp3) is 0.0500. The lowest BCUT2D eigenvalue weighted by Crippen LogP contribution is -2.14. The van der Waals surface area contributed by atoms with Gasteiger partial charge in [-0.1, -0.05) is 190 Å². The van der Waals surface area contributed by atoms with E-state index in [0.717, 1.165) is 72.0 Å². The van der Waals surface area contributed by atoms with Crippen LogP contribution in [-0.4, -0.2) is 15.0 Å². The molecule has 0 atom stereocenters. The Morgan fingerprint density at radius 2 is 0.812 bits per heavy atom. The van der Waals surface area contributed by atoms with E-state index in [1.807, 2.05) is 6.07 Å². The zero-order valence-electron chi connectivity index (χ0n) is 35.5. The number of hydrogen-bond acceptors (Lipinski definition) is 4. The molecular weight excluding hydrogens is 779 g/mol. The molecular formula is C60H41N3O. The van der Waals surface area contributed by atoms with E-state index in [1.165, 1.54) is 33.4 Å². The first-order valence-electron chi connectivity index (χ1n) is 21.8. The number of aromatic nitrogens is 3. The predicted octanol–water partition coefficient (Wildman–Crippen LogP) is 15.7. The second kappa shape index (κ2) is 15.0. The summed E-state index contributed by atoms with van der Waals surface area (Å²) in [6.45, 7) is 4.61. The van der Waals surface area contributed by atoms with Gasteiger partial charge < -0.3 is 4.42 Å². The third-order valence-corrected chi connectivity index (χ3v) is 12.9. The van der Waals surface area contributed by atoms with Gasteiger partial charge in [0.25, 0.3) is 0 Å². The van der Waals surface area contributed by atoms with Crippen LogP contribution in [0.4, 0.5) is 0 Å². The molecule has 0 saturated heterocycles. The lowest BCUT2D eigenvalue weighted by Gasteiger charge is -2.21. The number of nitrogens with zero attached hydrogens (tertiary/aromatic N) is 3. The molecule has 11 aromatic rings. The van der Waals surface area contributed by atoms with E-state index in [1.54, 1.807) is 0 Å². The van der Waals surface area contributed by atoms with Gasteiger partial charge in [0.2, 0.25) is 0 Å². The molecule has 302 valence electrons. The van der Waals surface area contributed by atoms with Crippen molar-refractivity contribution in [2.75, 3.05) is 0 Å². The van der Waals surface area contributed by atoms with Crippen LogP contribution in [0.5, 0.6) is 0 Å². The van der Waals surface area contributed by atoms with Gasteiger partial charge in [-0.05, 0) is 103 Å². The molecule has 9 aromatic carbocycles. The second-order valence-electron chi connectivity index (χ2n) is 17.2. The lowest BCUT2D eigenvalue weighted by molar-refractivity contribution is 0.660. The normalized spacial score (nSPS) is 12.7. The van der Waals surface area contributed by atoms with Crippen LogP contribution in [0.2, 0.25) is 0 Å². The second-order valence-corrected chi connectivity index (χ2v) is 17.2. The summed E-state index contributed by atoms with van der Waals surface area (Å²) in [5, 5.41) is 2.12. The van der Waals surface area contributed by atoms with Crippen LogP contribution in [0.1, 0.15) is 25.0 Å². The SMILES string of the molecule is CC1(C)c2ccccc2-c2c(-c3nc(-c4cc(-c5ccccc5)cc(-c5ccccc5)c4)nc(-c4ccc5c(c4)oc4cccc(-c6ccc(-c7ccccc7)cc6)c45)n3)cccc21. The molecule has 0 radical (unpaired) electrons. The Morgan fingerprint density at radius 3 is 1.50 bits per heavy atom. The van der Waals surface area contributed by atoms with E-state index in [0.29, 0.717) is 17.5 Å². The summed E-state index contributed by atoms with van der Waals surface area (Å²) < 4.78 is 6.68. The molecule has 0 aliphatic heterocycles. The molecule has 0 fully saturated rings. The third-order valence-electron chi connectivity index (χ3n) is 12.9. The van der Waals surface area contributed by atoms with Gasteiger partial charge in [-0.3, -0.25) is 0 Å². The van der Waals surface area contributed by atoms with E-state index in [9.17, 15) is 0 Å². The molecule has 1 aliphatic carbocycles. The molecule has 4 heteroatoms. The first-order valence-corrected chi connectivity index (χ1v) is 21.8. The van der Waals surface area contributed by atoms with E-state index in [-0.39, 0.29) is 5.41 Å². The fourth-order valence-electron chi connectivity index (χ4n) is 9.72. The molecule has 0 saturated carbocycles. The van der Waals surface area contributed by atoms with Crippen molar-refractivity contribution in [3.8, 4) is 89.8 Å². The molecule has 12 rings (SSSR count). The zero-order chi connectivity index (χ0) is 42.8. The summed E-state index contributed by atoms with van der Waals surface area (Å²) in [5.74, 6) is 1.80. The molecule has 4 nitrogen and oxygen atoms in total. The summed E-state index contributed by atoms with van der Waals surface area (Å²) in [7, 11) is 0. The maximum absolute atomic E-state index is 6.68. The number of hydrogen-bond donors (Lipinski definition) is 0. The van der Waals surface area contributed by atoms with Crippen molar-refractivity contribution in [2.45, 2.75) is 19.3 Å². The van der Waals surface area contributed by atoms with Crippen LogP contribution in [-0.2, 0) is 5.41 Å². The number of benzene rings is 9. The predicted molar refractivity (Wildman–Crippen MR) is 263 cm³/mol. The Balaban J connectivity index is 1.05. The first kappa shape index (κ1) is 37.5. The summed E-state index contributed by atoms with van der Waals surface area (Å²) in [5.41, 5.74) is 18.2. The zero-order valence-corrected chi connectivity index (χ0v) is 35.5. The highest BCUT2D eigenvalue weighted by atomic mass is 16.3. The minimum atomic E-state index is -0.176. The molecule has 2 heterocycles. The molecule has 0 N–H and O–H groups in total. The van der Waals surface area contributed by atoms with Crippen molar-refractivity contribution >= 4 is 21.9 Å². The highest BCUT2D eigenvalue weighted by molar-refractivity contribution is 6.13. The Labute approximate surface area is 372 Å². The molecule has 64 heavy (non-hydrogen) atoms. The van der Waals surface area contributed by atoms with E-state index >= 15 is 0 Å². The van der Waals surface area contributed by atoms with Gasteiger partial charge in [0.1, 0.15) is 11.2 Å². The van der Waals surface area contributed by atoms with Crippen molar-refractivity contribution in [2.24, 2.45) is 0 Å². The summed E-state index contributed by atoms with van der Waals surface area (Å²) in [4.78, 5) is 16.1. The lowest BCUT2D eigenvalue weighted by atomic mass is 9.82. The smallest absolute Gasteiger partial charge is 0.164 e. The number of rotatable bonds is 7. The number of fused-ring (bicyclic) bond motifs is 6. The molecule has 2 aromatic heterocycles. The average Bonchev–Trinajstić information content (AvgIpc) is 3.86. The van der Waals surface area contributed by atoms with Gasteiger partial charge >= 0.3 is 0 Å². The van der Waals surface area contributed by atoms with E-state index in [2.05, 4.69) is 220 Å². The number of furan rings is 1. The Kier molecular flexibility index (Phi) is 8.80. The third kappa shape index (κ3) is 6.34. The maximum atomic E-state index is 6.68. The van der Waals surface area contributed by atoms with Crippen LogP contribution in [0.15, 0.2) is 217 Å². The molecule has 0 bridgehead atoms. The highest BCUT2D eigenvalue weighted by Crippen LogP contribution is 2.52. The van der Waals surface area contributed by atoms with Crippen molar-refractivity contribution < 1.29 is 4.42 Å². The van der Waals surface area contributed by atoms with Gasteiger partial charge in [-0.25, -0.2) is 15.0 Å². The fourth-order valence-corrected chi connectivity index (χ4v) is 9.72. The largest absolute Gasteiger partial charge is 0.456 e. The Morgan fingerprint density at radius 1 is 0.328 bits per heavy atom. The van der Waals surface area contributed by atoms with Crippen molar-refractivity contribution in [1.82, 2.24) is 15.0 Å². The standard InChI is InChI=1S/C60H41N3O/c1-60(2)51-25-13-12-22-48(51)55-50(24-14-26-52(55)60)59-62-57(61-58(63-59)46-35-44(39-18-8-4-9-19-39)34-45(36-46)40-20-10-5-11-21-40)43-32-33-49-54(37-43)64-53-27-15-23-47(56(49)53)42-30-28-41(29-31-42)38-16-6-3-7-17-38/h3-37H,1-2H3. The Bertz CT molecular complexity index is 3500. The van der Waals surface area contributed by atoms with E-state index in [4.69, 9.17) is 19.4 Å². The molecule has 0 unspecified atom stereocenters. The van der Waals surface area contributed by atoms with Crippen molar-refractivity contribution in [3.63, 3.8) is 0 Å². The minimum absolute atomic E-state index is 0.176. The first-order chi connectivity index (χ1) is 31.5. The van der Waals surface area contributed by atoms with Gasteiger partial charge in [0.15, 0.2) is 17.5 Å². The van der Waals surface area contributed by atoms with E-state index < -0.39 is 0 Å². The van der Waals surface area contributed by atoms with Gasteiger partial charge in [0.05, 0.1) is 0 Å². The van der Waals surface area contributed by atoms with Crippen molar-refractivity contribution in [1.29, 1.82) is 0 Å². The molecule has 1 aliphatic rings. The average molecular weight is 820 g/mol. The minimum Gasteiger partial charge on any atom is -0.456 e. The van der Waals surface area contributed by atoms with Gasteiger partial charge in [-0.2, -0.15) is 0 Å². The summed E-state index contributed by atoms with van der Waals surface area (Å²) in [6.07, 6.45) is 0. The maximum Gasteiger partial charge on any atom is 0.164 e. The van der Waals surface area contributed by atoms with Crippen LogP contribution >= 0.6 is 0 Å². The highest BCUT2D eigenvalue weighted by Gasteiger charge is 2.37. The van der Waals surface area contributed by atoms with Gasteiger partial charge in [0, 0.05) is 32.9 Å². The topological polar surface area (TPSA) is 51.8 Å².